The minimum atomic E-state index is 0.607. The lowest BCUT2D eigenvalue weighted by atomic mass is 10.0. The highest BCUT2D eigenvalue weighted by Gasteiger charge is 2.12. The van der Waals surface area contributed by atoms with Crippen LogP contribution in [0.4, 0.5) is 0 Å². The van der Waals surface area contributed by atoms with Gasteiger partial charge in [-0.15, -0.1) is 0 Å². The van der Waals surface area contributed by atoms with Gasteiger partial charge in [0.1, 0.15) is 0 Å². The van der Waals surface area contributed by atoms with E-state index in [0.717, 1.165) is 27.8 Å². The van der Waals surface area contributed by atoms with Crippen molar-refractivity contribution in [2.24, 2.45) is 0 Å². The summed E-state index contributed by atoms with van der Waals surface area (Å²) in [6.07, 6.45) is 3.57. The molecule has 0 bridgehead atoms. The molecule has 0 radical (unpaired) electrons. The molecule has 0 atom stereocenters. The summed E-state index contributed by atoms with van der Waals surface area (Å²) in [6, 6.07) is 28.6. The highest BCUT2D eigenvalue weighted by atomic mass is 16.4. The largest absolute Gasteiger partial charge is 0.436 e. The fourth-order valence-electron chi connectivity index (χ4n) is 3.27. The van der Waals surface area contributed by atoms with E-state index in [-0.39, 0.29) is 0 Å². The quantitative estimate of drug-likeness (QED) is 0.388. The molecular weight excluding hydrogens is 332 g/mol. The van der Waals surface area contributed by atoms with Crippen molar-refractivity contribution in [2.45, 2.75) is 0 Å². The van der Waals surface area contributed by atoms with E-state index in [2.05, 4.69) is 46.4 Å². The number of pyridine rings is 1. The lowest BCUT2D eigenvalue weighted by Crippen LogP contribution is -1.83. The van der Waals surface area contributed by atoms with E-state index in [1.54, 1.807) is 12.4 Å². The van der Waals surface area contributed by atoms with Crippen LogP contribution in [0.15, 0.2) is 102 Å². The molecule has 5 rings (SSSR count). The molecule has 0 spiro atoms. The van der Waals surface area contributed by atoms with E-state index in [4.69, 9.17) is 4.42 Å². The van der Waals surface area contributed by atoms with Crippen molar-refractivity contribution in [3.05, 3.63) is 97.3 Å². The number of hydrogen-bond acceptors (Lipinski definition) is 3. The van der Waals surface area contributed by atoms with Crippen molar-refractivity contribution in [3.63, 3.8) is 0 Å². The zero-order valence-corrected chi connectivity index (χ0v) is 14.5. The van der Waals surface area contributed by atoms with Crippen LogP contribution in [-0.2, 0) is 0 Å². The van der Waals surface area contributed by atoms with Gasteiger partial charge in [0, 0.05) is 22.7 Å². The maximum Gasteiger partial charge on any atom is 0.227 e. The highest BCUT2D eigenvalue weighted by Crippen LogP contribution is 2.31. The maximum atomic E-state index is 6.07. The molecule has 3 nitrogen and oxygen atoms in total. The zero-order valence-electron chi connectivity index (χ0n) is 14.5. The maximum absolute atomic E-state index is 6.07. The van der Waals surface area contributed by atoms with Gasteiger partial charge in [0.05, 0.1) is 11.7 Å². The molecule has 3 aromatic carbocycles. The first-order valence-corrected chi connectivity index (χ1v) is 8.84. The average molecular weight is 348 g/mol. The summed E-state index contributed by atoms with van der Waals surface area (Å²) >= 11 is 0. The van der Waals surface area contributed by atoms with Crippen molar-refractivity contribution in [1.82, 2.24) is 9.97 Å². The number of para-hydroxylation sites is 1. The molecule has 0 aliphatic rings. The third-order valence-electron chi connectivity index (χ3n) is 4.66. The molecule has 2 aromatic heterocycles. The SMILES string of the molecule is c1ccc(-c2ccc(-c3cnc(-c4ccnc5ccccc45)o3)cc2)cc1. The third kappa shape index (κ3) is 2.89. The van der Waals surface area contributed by atoms with Gasteiger partial charge in [-0.1, -0.05) is 72.8 Å². The second-order valence-corrected chi connectivity index (χ2v) is 6.35. The number of fused-ring (bicyclic) bond motifs is 1. The van der Waals surface area contributed by atoms with Crippen LogP contribution in [0.3, 0.4) is 0 Å². The lowest BCUT2D eigenvalue weighted by Gasteiger charge is -2.03. The molecular formula is C24H16N2O. The molecule has 3 heteroatoms. The molecule has 2 heterocycles. The molecule has 0 N–H and O–H groups in total. The number of aromatic nitrogens is 2. The number of hydrogen-bond donors (Lipinski definition) is 0. The standard InChI is InChI=1S/C24H16N2O/c1-2-6-17(7-3-1)18-10-12-19(13-11-18)23-16-26-24(27-23)21-14-15-25-22-9-5-4-8-20(21)22/h1-16H. The highest BCUT2D eigenvalue weighted by molar-refractivity contribution is 5.92. The van der Waals surface area contributed by atoms with Gasteiger partial charge in [-0.05, 0) is 23.3 Å². The second kappa shape index (κ2) is 6.54. The average Bonchev–Trinajstić information content (AvgIpc) is 3.24. The molecule has 0 unspecified atom stereocenters. The van der Waals surface area contributed by atoms with Crippen LogP contribution < -0.4 is 0 Å². The molecule has 128 valence electrons. The van der Waals surface area contributed by atoms with Gasteiger partial charge in [0.2, 0.25) is 5.89 Å². The van der Waals surface area contributed by atoms with Crippen LogP contribution in [0.1, 0.15) is 0 Å². The molecule has 0 saturated heterocycles. The van der Waals surface area contributed by atoms with Gasteiger partial charge in [-0.3, -0.25) is 4.98 Å². The summed E-state index contributed by atoms with van der Waals surface area (Å²) in [5, 5.41) is 1.04. The number of oxazole rings is 1. The van der Waals surface area contributed by atoms with Crippen LogP contribution >= 0.6 is 0 Å². The van der Waals surface area contributed by atoms with Crippen LogP contribution in [0, 0.1) is 0 Å². The Morgan fingerprint density at radius 1 is 0.593 bits per heavy atom. The number of benzene rings is 3. The Kier molecular flexibility index (Phi) is 3.76. The Balaban J connectivity index is 1.50. The summed E-state index contributed by atoms with van der Waals surface area (Å²) < 4.78 is 6.07. The normalized spacial score (nSPS) is 11.0. The van der Waals surface area contributed by atoms with E-state index < -0.39 is 0 Å². The van der Waals surface area contributed by atoms with Gasteiger partial charge < -0.3 is 4.42 Å². The number of nitrogens with zero attached hydrogens (tertiary/aromatic N) is 2. The second-order valence-electron chi connectivity index (χ2n) is 6.35. The number of rotatable bonds is 3. The van der Waals surface area contributed by atoms with Crippen LogP contribution in [0.5, 0.6) is 0 Å². The van der Waals surface area contributed by atoms with Crippen LogP contribution in [-0.4, -0.2) is 9.97 Å². The minimum Gasteiger partial charge on any atom is -0.436 e. The first kappa shape index (κ1) is 15.5. The lowest BCUT2D eigenvalue weighted by molar-refractivity contribution is 0.589. The van der Waals surface area contributed by atoms with E-state index in [1.165, 1.54) is 11.1 Å². The summed E-state index contributed by atoms with van der Waals surface area (Å²) in [6.45, 7) is 0. The van der Waals surface area contributed by atoms with E-state index in [9.17, 15) is 0 Å². The summed E-state index contributed by atoms with van der Waals surface area (Å²) in [7, 11) is 0. The fourth-order valence-corrected chi connectivity index (χ4v) is 3.27. The fraction of sp³-hybridized carbons (Fsp3) is 0. The summed E-state index contributed by atoms with van der Waals surface area (Å²) in [4.78, 5) is 8.90. The summed E-state index contributed by atoms with van der Waals surface area (Å²) in [5.41, 5.74) is 5.27. The topological polar surface area (TPSA) is 38.9 Å². The Morgan fingerprint density at radius 3 is 2.15 bits per heavy atom. The molecule has 5 aromatic rings. The predicted octanol–water partition coefficient (Wildman–Crippen LogP) is 6.22. The smallest absolute Gasteiger partial charge is 0.227 e. The Bertz CT molecular complexity index is 1200. The van der Waals surface area contributed by atoms with Crippen molar-refractivity contribution in [2.75, 3.05) is 0 Å². The van der Waals surface area contributed by atoms with Gasteiger partial charge >= 0.3 is 0 Å². The Hall–Kier alpha value is -3.72. The van der Waals surface area contributed by atoms with Crippen molar-refractivity contribution in [3.8, 4) is 33.9 Å². The first-order chi connectivity index (χ1) is 13.4. The van der Waals surface area contributed by atoms with Gasteiger partial charge in [0.15, 0.2) is 5.76 Å². The van der Waals surface area contributed by atoms with Crippen molar-refractivity contribution in [1.29, 1.82) is 0 Å². The monoisotopic (exact) mass is 348 g/mol. The van der Waals surface area contributed by atoms with Crippen LogP contribution in [0.2, 0.25) is 0 Å². The summed E-state index contributed by atoms with van der Waals surface area (Å²) in [5.74, 6) is 1.36. The predicted molar refractivity (Wildman–Crippen MR) is 108 cm³/mol. The Morgan fingerprint density at radius 2 is 1.30 bits per heavy atom. The molecule has 27 heavy (non-hydrogen) atoms. The van der Waals surface area contributed by atoms with Crippen LogP contribution in [0.25, 0.3) is 44.8 Å². The first-order valence-electron chi connectivity index (χ1n) is 8.84. The third-order valence-corrected chi connectivity index (χ3v) is 4.66. The molecule has 0 aliphatic heterocycles. The van der Waals surface area contributed by atoms with E-state index in [0.29, 0.717) is 5.89 Å². The molecule has 0 saturated carbocycles. The molecule has 0 fully saturated rings. The Labute approximate surface area is 157 Å². The molecule has 0 aliphatic carbocycles. The zero-order chi connectivity index (χ0) is 18.1. The van der Waals surface area contributed by atoms with Gasteiger partial charge in [-0.2, -0.15) is 0 Å². The van der Waals surface area contributed by atoms with Crippen molar-refractivity contribution >= 4 is 10.9 Å². The molecule has 0 amide bonds. The minimum absolute atomic E-state index is 0.607. The van der Waals surface area contributed by atoms with E-state index in [1.807, 2.05) is 48.5 Å². The van der Waals surface area contributed by atoms with Gasteiger partial charge in [0.25, 0.3) is 0 Å². The van der Waals surface area contributed by atoms with E-state index >= 15 is 0 Å². The van der Waals surface area contributed by atoms with Gasteiger partial charge in [-0.25, -0.2) is 4.98 Å². The van der Waals surface area contributed by atoms with Crippen molar-refractivity contribution < 1.29 is 4.42 Å².